The molecule has 0 radical (unpaired) electrons. The minimum Gasteiger partial charge on any atom is -0.481 e. The zero-order valence-corrected chi connectivity index (χ0v) is 12.9. The number of carboxylic acid groups (broad SMARTS) is 1. The highest BCUT2D eigenvalue weighted by atomic mass is 32.1. The van der Waals surface area contributed by atoms with Gasteiger partial charge >= 0.3 is 5.97 Å². The van der Waals surface area contributed by atoms with Crippen LogP contribution in [-0.4, -0.2) is 32.9 Å². The predicted octanol–water partition coefficient (Wildman–Crippen LogP) is 1.86. The summed E-state index contributed by atoms with van der Waals surface area (Å²) < 4.78 is 1.92. The zero-order valence-electron chi connectivity index (χ0n) is 12.1. The zero-order chi connectivity index (χ0) is 15.4. The van der Waals surface area contributed by atoms with Crippen LogP contribution in [0.5, 0.6) is 0 Å². The minimum absolute atomic E-state index is 0.0237. The lowest BCUT2D eigenvalue weighted by Crippen LogP contribution is -2.31. The van der Waals surface area contributed by atoms with E-state index in [0.717, 1.165) is 22.8 Å². The van der Waals surface area contributed by atoms with Crippen LogP contribution in [0, 0.1) is 12.8 Å². The molecule has 2 aromatic heterocycles. The van der Waals surface area contributed by atoms with Crippen LogP contribution in [0.3, 0.4) is 0 Å². The maximum atomic E-state index is 12.0. The average molecular weight is 309 g/mol. The van der Waals surface area contributed by atoms with Crippen LogP contribution in [0.1, 0.15) is 31.2 Å². The quantitative estimate of drug-likeness (QED) is 0.818. The molecule has 0 saturated carbocycles. The van der Waals surface area contributed by atoms with Gasteiger partial charge in [-0.3, -0.25) is 14.0 Å². The fourth-order valence-electron chi connectivity index (χ4n) is 2.16. The summed E-state index contributed by atoms with van der Waals surface area (Å²) in [4.78, 5) is 27.9. The smallest absolute Gasteiger partial charge is 0.303 e. The number of aliphatic carboxylic acids is 1. The van der Waals surface area contributed by atoms with Crippen molar-refractivity contribution in [1.82, 2.24) is 14.7 Å². The molecule has 0 fully saturated rings. The van der Waals surface area contributed by atoms with E-state index in [2.05, 4.69) is 10.3 Å². The van der Waals surface area contributed by atoms with Gasteiger partial charge in [-0.15, -0.1) is 11.3 Å². The summed E-state index contributed by atoms with van der Waals surface area (Å²) in [5.41, 5.74) is 1.83. The molecule has 0 saturated heterocycles. The Morgan fingerprint density at radius 2 is 2.29 bits per heavy atom. The second-order valence-corrected chi connectivity index (χ2v) is 5.95. The van der Waals surface area contributed by atoms with E-state index >= 15 is 0 Å². The van der Waals surface area contributed by atoms with E-state index in [9.17, 15) is 9.59 Å². The van der Waals surface area contributed by atoms with Crippen LogP contribution in [0.2, 0.25) is 0 Å². The summed E-state index contributed by atoms with van der Waals surface area (Å²) in [5, 5.41) is 13.5. The van der Waals surface area contributed by atoms with Gasteiger partial charge in [-0.1, -0.05) is 13.3 Å². The first-order valence-electron chi connectivity index (χ1n) is 6.90. The molecule has 2 aromatic rings. The van der Waals surface area contributed by atoms with E-state index in [1.54, 1.807) is 0 Å². The summed E-state index contributed by atoms with van der Waals surface area (Å²) in [5.74, 6) is -0.946. The van der Waals surface area contributed by atoms with Crippen LogP contribution >= 0.6 is 11.3 Å². The first-order valence-corrected chi connectivity index (χ1v) is 7.78. The predicted molar refractivity (Wildman–Crippen MR) is 80.6 cm³/mol. The van der Waals surface area contributed by atoms with Crippen molar-refractivity contribution in [2.75, 3.05) is 6.54 Å². The Morgan fingerprint density at radius 1 is 1.52 bits per heavy atom. The number of amides is 1. The third kappa shape index (κ3) is 4.04. The van der Waals surface area contributed by atoms with E-state index < -0.39 is 5.97 Å². The van der Waals surface area contributed by atoms with Crippen molar-refractivity contribution in [2.24, 2.45) is 5.92 Å². The monoisotopic (exact) mass is 309 g/mol. The van der Waals surface area contributed by atoms with Crippen LogP contribution < -0.4 is 5.32 Å². The van der Waals surface area contributed by atoms with E-state index in [4.69, 9.17) is 5.11 Å². The van der Waals surface area contributed by atoms with Crippen molar-refractivity contribution >= 4 is 28.2 Å². The number of aromatic nitrogens is 2. The highest BCUT2D eigenvalue weighted by Gasteiger charge is 2.14. The fraction of sp³-hybridized carbons (Fsp3) is 0.500. The van der Waals surface area contributed by atoms with Crippen LogP contribution in [0.4, 0.5) is 0 Å². The summed E-state index contributed by atoms with van der Waals surface area (Å²) in [6.07, 6.45) is 3.00. The van der Waals surface area contributed by atoms with Gasteiger partial charge in [-0.05, 0) is 12.8 Å². The molecule has 1 atom stereocenters. The number of hydrogen-bond acceptors (Lipinski definition) is 4. The molecular formula is C14H19N3O3S. The number of carbonyl (C=O) groups excluding carboxylic acids is 1. The minimum atomic E-state index is -0.829. The Bertz CT molecular complexity index is 647. The lowest BCUT2D eigenvalue weighted by molar-refractivity contribution is -0.138. The van der Waals surface area contributed by atoms with Crippen molar-refractivity contribution in [3.05, 3.63) is 23.0 Å². The summed E-state index contributed by atoms with van der Waals surface area (Å²) in [6, 6.07) is 0. The number of carboxylic acids is 1. The molecule has 0 spiro atoms. The maximum Gasteiger partial charge on any atom is 0.303 e. The number of nitrogens with zero attached hydrogens (tertiary/aromatic N) is 2. The molecule has 1 amide bonds. The second kappa shape index (κ2) is 6.71. The second-order valence-electron chi connectivity index (χ2n) is 5.11. The highest BCUT2D eigenvalue weighted by Crippen LogP contribution is 2.17. The lowest BCUT2D eigenvalue weighted by atomic mass is 10.0. The van der Waals surface area contributed by atoms with Gasteiger partial charge in [0.05, 0.1) is 12.1 Å². The van der Waals surface area contributed by atoms with E-state index in [1.807, 2.05) is 29.8 Å². The Kier molecular flexibility index (Phi) is 4.95. The van der Waals surface area contributed by atoms with Crippen LogP contribution in [-0.2, 0) is 16.0 Å². The Labute approximate surface area is 126 Å². The van der Waals surface area contributed by atoms with Gasteiger partial charge in [0.15, 0.2) is 4.96 Å². The third-order valence-corrected chi connectivity index (χ3v) is 4.26. The summed E-state index contributed by atoms with van der Waals surface area (Å²) in [7, 11) is 0. The van der Waals surface area contributed by atoms with Gasteiger partial charge in [0.2, 0.25) is 5.91 Å². The summed E-state index contributed by atoms with van der Waals surface area (Å²) >= 11 is 1.51. The topological polar surface area (TPSA) is 83.7 Å². The number of imidazole rings is 1. The molecule has 0 aliphatic carbocycles. The van der Waals surface area contributed by atoms with E-state index in [1.165, 1.54) is 11.3 Å². The number of hydrogen-bond donors (Lipinski definition) is 2. The standard InChI is InChI=1S/C14H19N3O3S/c1-3-10(4-13(19)20)6-15-12(18)5-11-8-21-14-16-9(2)7-17(11)14/h7-8,10H,3-6H2,1-2H3,(H,15,18)(H,19,20). The first kappa shape index (κ1) is 15.5. The largest absolute Gasteiger partial charge is 0.481 e. The molecule has 1 unspecified atom stereocenters. The average Bonchev–Trinajstić information content (AvgIpc) is 2.95. The lowest BCUT2D eigenvalue weighted by Gasteiger charge is -2.13. The van der Waals surface area contributed by atoms with Gasteiger partial charge in [0.25, 0.3) is 0 Å². The number of nitrogens with one attached hydrogen (secondary N) is 1. The Morgan fingerprint density at radius 3 is 2.95 bits per heavy atom. The van der Waals surface area contributed by atoms with Gasteiger partial charge in [0, 0.05) is 30.2 Å². The molecular weight excluding hydrogens is 290 g/mol. The number of fused-ring (bicyclic) bond motifs is 1. The van der Waals surface area contributed by atoms with Gasteiger partial charge in [-0.25, -0.2) is 4.98 Å². The molecule has 0 aromatic carbocycles. The number of aryl methyl sites for hydroxylation is 1. The van der Waals surface area contributed by atoms with Crippen LogP contribution in [0.15, 0.2) is 11.6 Å². The first-order chi connectivity index (χ1) is 9.99. The van der Waals surface area contributed by atoms with Crippen LogP contribution in [0.25, 0.3) is 4.96 Å². The normalized spacial score (nSPS) is 12.5. The molecule has 0 bridgehead atoms. The molecule has 0 aliphatic heterocycles. The van der Waals surface area contributed by atoms with Crippen molar-refractivity contribution in [1.29, 1.82) is 0 Å². The molecule has 0 aliphatic rings. The molecule has 2 heterocycles. The number of thiazole rings is 1. The molecule has 114 valence electrons. The SMILES string of the molecule is CCC(CNC(=O)Cc1csc2nc(C)cn12)CC(=O)O. The molecule has 7 heteroatoms. The Balaban J connectivity index is 1.90. The number of carbonyl (C=O) groups is 2. The molecule has 6 nitrogen and oxygen atoms in total. The van der Waals surface area contributed by atoms with E-state index in [-0.39, 0.29) is 24.7 Å². The maximum absolute atomic E-state index is 12.0. The van der Waals surface area contributed by atoms with Gasteiger partial charge in [-0.2, -0.15) is 0 Å². The van der Waals surface area contributed by atoms with Crippen molar-refractivity contribution in [2.45, 2.75) is 33.1 Å². The van der Waals surface area contributed by atoms with Crippen molar-refractivity contribution in [3.8, 4) is 0 Å². The molecule has 21 heavy (non-hydrogen) atoms. The third-order valence-electron chi connectivity index (χ3n) is 3.37. The van der Waals surface area contributed by atoms with Crippen molar-refractivity contribution in [3.63, 3.8) is 0 Å². The fourth-order valence-corrected chi connectivity index (χ4v) is 3.08. The highest BCUT2D eigenvalue weighted by molar-refractivity contribution is 7.15. The summed E-state index contributed by atoms with van der Waals surface area (Å²) in [6.45, 7) is 4.25. The number of rotatable bonds is 7. The Hall–Kier alpha value is -1.89. The molecule has 2 rings (SSSR count). The molecule has 2 N–H and O–H groups in total. The van der Waals surface area contributed by atoms with E-state index in [0.29, 0.717) is 6.54 Å². The van der Waals surface area contributed by atoms with Crippen molar-refractivity contribution < 1.29 is 14.7 Å². The van der Waals surface area contributed by atoms with Gasteiger partial charge < -0.3 is 10.4 Å². The van der Waals surface area contributed by atoms with Gasteiger partial charge in [0.1, 0.15) is 0 Å².